The Balaban J connectivity index is 1.70. The van der Waals surface area contributed by atoms with Crippen molar-refractivity contribution in [2.45, 2.75) is 10.5 Å². The smallest absolute Gasteiger partial charge is 0.241 e. The number of hydrogen-bond donors (Lipinski definition) is 2. The van der Waals surface area contributed by atoms with Gasteiger partial charge in [0.1, 0.15) is 5.60 Å². The maximum atomic E-state index is 13.0. The van der Waals surface area contributed by atoms with E-state index in [4.69, 9.17) is 0 Å². The highest BCUT2D eigenvalue weighted by Gasteiger charge is 2.35. The summed E-state index contributed by atoms with van der Waals surface area (Å²) in [4.78, 5) is 0.904. The maximum absolute atomic E-state index is 13.0. The molecule has 0 saturated heterocycles. The first kappa shape index (κ1) is 18.3. The van der Waals surface area contributed by atoms with Crippen LogP contribution >= 0.6 is 22.7 Å². The maximum Gasteiger partial charge on any atom is 0.241 e. The molecule has 4 rings (SSSR count). The molecular weight excluding hydrogens is 398 g/mol. The van der Waals surface area contributed by atoms with E-state index in [9.17, 15) is 13.5 Å². The summed E-state index contributed by atoms with van der Waals surface area (Å²) in [6.45, 7) is -0.143. The van der Waals surface area contributed by atoms with Crippen LogP contribution in [-0.2, 0) is 15.6 Å². The number of rotatable bonds is 6. The van der Waals surface area contributed by atoms with Crippen molar-refractivity contribution < 1.29 is 13.5 Å². The molecule has 0 radical (unpaired) electrons. The highest BCUT2D eigenvalue weighted by atomic mass is 32.2. The fourth-order valence-electron chi connectivity index (χ4n) is 3.05. The predicted octanol–water partition coefficient (Wildman–Crippen LogP) is 4.18. The van der Waals surface area contributed by atoms with Gasteiger partial charge in [-0.1, -0.05) is 42.5 Å². The minimum absolute atomic E-state index is 0.143. The highest BCUT2D eigenvalue weighted by Crippen LogP contribution is 2.34. The Bertz CT molecular complexity index is 1110. The van der Waals surface area contributed by atoms with Crippen LogP contribution in [0.2, 0.25) is 0 Å². The van der Waals surface area contributed by atoms with Crippen molar-refractivity contribution in [1.29, 1.82) is 0 Å². The quantitative estimate of drug-likeness (QED) is 0.497. The predicted molar refractivity (Wildman–Crippen MR) is 111 cm³/mol. The van der Waals surface area contributed by atoms with Gasteiger partial charge >= 0.3 is 0 Å². The molecule has 2 N–H and O–H groups in total. The van der Waals surface area contributed by atoms with E-state index in [1.807, 2.05) is 58.6 Å². The average molecular weight is 416 g/mol. The molecule has 4 nitrogen and oxygen atoms in total. The molecule has 0 saturated carbocycles. The van der Waals surface area contributed by atoms with Crippen molar-refractivity contribution in [3.05, 3.63) is 87.2 Å². The Morgan fingerprint density at radius 2 is 1.78 bits per heavy atom. The summed E-state index contributed by atoms with van der Waals surface area (Å²) in [5.41, 5.74) is -0.734. The highest BCUT2D eigenvalue weighted by molar-refractivity contribution is 7.89. The van der Waals surface area contributed by atoms with Gasteiger partial charge in [0.05, 0.1) is 4.90 Å². The molecule has 0 spiro atoms. The topological polar surface area (TPSA) is 66.4 Å². The Hall–Kier alpha value is -2.03. The minimum Gasteiger partial charge on any atom is -0.378 e. The van der Waals surface area contributed by atoms with Crippen molar-refractivity contribution in [2.24, 2.45) is 0 Å². The number of nitrogens with one attached hydrogen (secondary N) is 1. The molecule has 1 atom stereocenters. The first-order valence-electron chi connectivity index (χ1n) is 8.27. The first-order chi connectivity index (χ1) is 13.0. The number of sulfonamides is 1. The Morgan fingerprint density at radius 3 is 2.52 bits per heavy atom. The summed E-state index contributed by atoms with van der Waals surface area (Å²) >= 11 is 2.86. The number of benzene rings is 2. The van der Waals surface area contributed by atoms with Gasteiger partial charge in [0.2, 0.25) is 10.0 Å². The Labute approximate surface area is 165 Å². The van der Waals surface area contributed by atoms with Crippen molar-refractivity contribution in [2.75, 3.05) is 6.54 Å². The normalized spacial score (nSPS) is 14.3. The Morgan fingerprint density at radius 1 is 0.963 bits per heavy atom. The lowest BCUT2D eigenvalue weighted by atomic mass is 9.95. The van der Waals surface area contributed by atoms with Crippen molar-refractivity contribution in [3.8, 4) is 0 Å². The third kappa shape index (κ3) is 3.44. The summed E-state index contributed by atoms with van der Waals surface area (Å²) in [6.07, 6.45) is 0. The van der Waals surface area contributed by atoms with Crippen molar-refractivity contribution >= 4 is 43.5 Å². The van der Waals surface area contributed by atoms with Crippen LogP contribution in [0.4, 0.5) is 0 Å². The van der Waals surface area contributed by atoms with E-state index in [0.29, 0.717) is 15.8 Å². The first-order valence-corrected chi connectivity index (χ1v) is 11.6. The molecule has 1 unspecified atom stereocenters. The van der Waals surface area contributed by atoms with Gasteiger partial charge in [-0.15, -0.1) is 11.3 Å². The second-order valence-electron chi connectivity index (χ2n) is 6.15. The van der Waals surface area contributed by atoms with E-state index in [1.165, 1.54) is 22.7 Å². The van der Waals surface area contributed by atoms with E-state index in [-0.39, 0.29) is 11.4 Å². The van der Waals surface area contributed by atoms with E-state index in [0.717, 1.165) is 5.39 Å². The number of aliphatic hydroxyl groups is 1. The zero-order valence-corrected chi connectivity index (χ0v) is 16.7. The third-order valence-corrected chi connectivity index (χ3v) is 7.65. The summed E-state index contributed by atoms with van der Waals surface area (Å²) in [6, 6.07) is 18.0. The number of hydrogen-bond acceptors (Lipinski definition) is 5. The van der Waals surface area contributed by atoms with Crippen LogP contribution in [0.1, 0.15) is 10.4 Å². The van der Waals surface area contributed by atoms with Gasteiger partial charge in [-0.05, 0) is 39.7 Å². The zero-order valence-electron chi connectivity index (χ0n) is 14.2. The van der Waals surface area contributed by atoms with E-state index >= 15 is 0 Å². The van der Waals surface area contributed by atoms with Crippen LogP contribution in [0.25, 0.3) is 10.8 Å². The van der Waals surface area contributed by atoms with E-state index in [1.54, 1.807) is 18.2 Å². The van der Waals surface area contributed by atoms with E-state index < -0.39 is 15.6 Å². The lowest BCUT2D eigenvalue weighted by Crippen LogP contribution is -2.40. The van der Waals surface area contributed by atoms with Crippen molar-refractivity contribution in [1.82, 2.24) is 4.72 Å². The molecule has 2 aromatic carbocycles. The standard InChI is InChI=1S/C20H17NO3S3/c22-20(16-10-12-25-13-16,19-9-4-11-26-19)14-21-27(23,24)18-8-3-6-15-5-1-2-7-17(15)18/h1-13,21-22H,14H2. The second-order valence-corrected chi connectivity index (χ2v) is 9.61. The molecule has 2 heterocycles. The summed E-state index contributed by atoms with van der Waals surface area (Å²) < 4.78 is 28.6. The van der Waals surface area contributed by atoms with Crippen LogP contribution in [0, 0.1) is 0 Å². The van der Waals surface area contributed by atoms with Crippen LogP contribution < -0.4 is 4.72 Å². The van der Waals surface area contributed by atoms with Gasteiger partial charge < -0.3 is 5.11 Å². The molecule has 2 aromatic heterocycles. The van der Waals surface area contributed by atoms with Crippen LogP contribution in [0.3, 0.4) is 0 Å². The monoisotopic (exact) mass is 415 g/mol. The second kappa shape index (κ2) is 7.18. The lowest BCUT2D eigenvalue weighted by molar-refractivity contribution is 0.0903. The SMILES string of the molecule is O=S(=O)(NCC(O)(c1ccsc1)c1cccs1)c1cccc2ccccc12. The van der Waals surface area contributed by atoms with Crippen LogP contribution in [0.15, 0.2) is 81.7 Å². The Kier molecular flexibility index (Phi) is 4.88. The molecule has 27 heavy (non-hydrogen) atoms. The van der Waals surface area contributed by atoms with Crippen LogP contribution in [0.5, 0.6) is 0 Å². The third-order valence-electron chi connectivity index (χ3n) is 4.48. The van der Waals surface area contributed by atoms with Gasteiger partial charge in [0.25, 0.3) is 0 Å². The van der Waals surface area contributed by atoms with Gasteiger partial charge in [-0.25, -0.2) is 13.1 Å². The van der Waals surface area contributed by atoms with Crippen LogP contribution in [-0.4, -0.2) is 20.1 Å². The largest absolute Gasteiger partial charge is 0.378 e. The fraction of sp³-hybridized carbons (Fsp3) is 0.100. The van der Waals surface area contributed by atoms with Gasteiger partial charge in [0, 0.05) is 22.4 Å². The molecule has 4 aromatic rings. The van der Waals surface area contributed by atoms with Gasteiger partial charge in [-0.3, -0.25) is 0 Å². The summed E-state index contributed by atoms with van der Waals surface area (Å²) in [5.74, 6) is 0. The average Bonchev–Trinajstić information content (AvgIpc) is 3.40. The van der Waals surface area contributed by atoms with Gasteiger partial charge in [-0.2, -0.15) is 11.3 Å². The molecule has 138 valence electrons. The summed E-state index contributed by atoms with van der Waals surface area (Å²) in [7, 11) is -3.80. The fourth-order valence-corrected chi connectivity index (χ4v) is 5.91. The zero-order chi connectivity index (χ0) is 18.9. The van der Waals surface area contributed by atoms with Gasteiger partial charge in [0.15, 0.2) is 0 Å². The molecule has 0 bridgehead atoms. The molecule has 0 aliphatic rings. The lowest BCUT2D eigenvalue weighted by Gasteiger charge is -2.27. The van der Waals surface area contributed by atoms with Crippen molar-refractivity contribution in [3.63, 3.8) is 0 Å². The molecule has 0 fully saturated rings. The number of thiophene rings is 2. The molecule has 0 aliphatic carbocycles. The minimum atomic E-state index is -3.80. The molecular formula is C20H17NO3S3. The number of fused-ring (bicyclic) bond motifs is 1. The molecule has 7 heteroatoms. The van der Waals surface area contributed by atoms with E-state index in [2.05, 4.69) is 4.72 Å². The molecule has 0 amide bonds. The summed E-state index contributed by atoms with van der Waals surface area (Å²) in [5, 5.41) is 18.4. The molecule has 0 aliphatic heterocycles.